The Morgan fingerprint density at radius 2 is 1.82 bits per heavy atom. The Bertz CT molecular complexity index is 2070. The smallest absolute Gasteiger partial charge is 0.319 e. The number of fused-ring (bicyclic) bond motifs is 4. The first kappa shape index (κ1) is 31.6. The second-order valence-corrected chi connectivity index (χ2v) is 15.2. The molecule has 0 amide bonds. The molecule has 9 nitrogen and oxygen atoms in total. The molecule has 9 rings (SSSR count). The number of terminal acetylenes is 1. The van der Waals surface area contributed by atoms with Crippen molar-refractivity contribution in [3.63, 3.8) is 0 Å². The van der Waals surface area contributed by atoms with Crippen LogP contribution in [0.1, 0.15) is 50.5 Å². The monoisotopic (exact) mass is 684 g/mol. The molecular formula is C38H39F3N6O3. The number of alkyl halides is 1. The van der Waals surface area contributed by atoms with E-state index in [0.29, 0.717) is 42.8 Å². The predicted octanol–water partition coefficient (Wildman–Crippen LogP) is 5.74. The summed E-state index contributed by atoms with van der Waals surface area (Å²) >= 11 is 0. The van der Waals surface area contributed by atoms with Gasteiger partial charge in [-0.25, -0.2) is 18.2 Å². The van der Waals surface area contributed by atoms with Gasteiger partial charge in [0.1, 0.15) is 40.2 Å². The second kappa shape index (κ2) is 11.6. The van der Waals surface area contributed by atoms with Gasteiger partial charge in [0, 0.05) is 66.6 Å². The lowest BCUT2D eigenvalue weighted by molar-refractivity contribution is 0.0621. The summed E-state index contributed by atoms with van der Waals surface area (Å²) in [6, 6.07) is 6.00. The summed E-state index contributed by atoms with van der Waals surface area (Å²) < 4.78 is 59.2. The molecule has 3 aliphatic heterocycles. The Kier molecular flexibility index (Phi) is 7.34. The molecule has 0 radical (unpaired) electrons. The molecule has 4 aromatic rings. The zero-order valence-corrected chi connectivity index (χ0v) is 27.9. The molecule has 2 N–H and O–H groups in total. The molecule has 5 heterocycles. The molecule has 3 unspecified atom stereocenters. The molecule has 3 saturated heterocycles. The summed E-state index contributed by atoms with van der Waals surface area (Å²) in [5, 5.41) is 15.2. The van der Waals surface area contributed by atoms with Crippen LogP contribution in [-0.2, 0) is 0 Å². The van der Waals surface area contributed by atoms with Gasteiger partial charge in [0.2, 0.25) is 5.88 Å². The maximum absolute atomic E-state index is 17.1. The van der Waals surface area contributed by atoms with Crippen molar-refractivity contribution in [3.05, 3.63) is 41.5 Å². The van der Waals surface area contributed by atoms with Crippen molar-refractivity contribution in [1.82, 2.24) is 25.2 Å². The van der Waals surface area contributed by atoms with E-state index in [-0.39, 0.29) is 68.3 Å². The Balaban J connectivity index is 1.14. The van der Waals surface area contributed by atoms with Crippen molar-refractivity contribution in [2.75, 3.05) is 51.3 Å². The van der Waals surface area contributed by atoms with Crippen molar-refractivity contribution in [2.24, 2.45) is 10.8 Å². The number of rotatable bonds is 8. The zero-order chi connectivity index (χ0) is 34.4. The first-order valence-corrected chi connectivity index (χ1v) is 17.6. The molecule has 5 fully saturated rings. The highest BCUT2D eigenvalue weighted by Crippen LogP contribution is 2.53. The van der Waals surface area contributed by atoms with E-state index in [1.54, 1.807) is 0 Å². The van der Waals surface area contributed by atoms with Gasteiger partial charge in [0.05, 0.1) is 19.3 Å². The number of pyridine rings is 1. The third-order valence-corrected chi connectivity index (χ3v) is 11.9. The quantitative estimate of drug-likeness (QED) is 0.225. The Morgan fingerprint density at radius 3 is 2.48 bits per heavy atom. The van der Waals surface area contributed by atoms with Crippen molar-refractivity contribution in [3.8, 4) is 41.2 Å². The minimum absolute atomic E-state index is 0.0270. The number of ether oxygens (including phenoxy) is 2. The van der Waals surface area contributed by atoms with Crippen LogP contribution in [0.25, 0.3) is 32.9 Å². The van der Waals surface area contributed by atoms with E-state index in [1.165, 1.54) is 31.4 Å². The highest BCUT2D eigenvalue weighted by atomic mass is 19.1. The molecule has 2 saturated carbocycles. The first-order valence-electron chi connectivity index (χ1n) is 17.6. The summed E-state index contributed by atoms with van der Waals surface area (Å²) in [6.07, 6.45) is 11.9. The van der Waals surface area contributed by atoms with Gasteiger partial charge in [-0.2, -0.15) is 9.97 Å². The third kappa shape index (κ3) is 5.11. The van der Waals surface area contributed by atoms with Crippen molar-refractivity contribution >= 4 is 27.5 Å². The Morgan fingerprint density at radius 1 is 1.04 bits per heavy atom. The number of benzene rings is 2. The topological polar surface area (TPSA) is 95.9 Å². The molecule has 12 heteroatoms. The Hall–Kier alpha value is -4.34. The average Bonchev–Trinajstić information content (AvgIpc) is 3.65. The van der Waals surface area contributed by atoms with Crippen LogP contribution in [0.4, 0.5) is 19.0 Å². The van der Waals surface area contributed by atoms with Crippen LogP contribution >= 0.6 is 0 Å². The second-order valence-electron chi connectivity index (χ2n) is 15.2. The summed E-state index contributed by atoms with van der Waals surface area (Å²) in [7, 11) is 1.44. The lowest BCUT2D eigenvalue weighted by Crippen LogP contribution is -2.51. The molecule has 2 aromatic carbocycles. The normalized spacial score (nSPS) is 24.9. The standard InChI is InChI=1S/C38H39F3N6O3/c1-3-25-27(39)8-5-21-13-24(48)14-26(29(21)25)32-31(41)33-30(35(43-32)49-2)34(47-15-22-6-7-23(16-47)42-22)45-36(44-33)50-20-37(11-12-37)18-46-17-28(40)38(19-46)9-4-10-38/h1,5,8,13-14,22-23,28,42,48H,4,6-7,9-12,15-20H2,2H3. The largest absolute Gasteiger partial charge is 0.508 e. The van der Waals surface area contributed by atoms with E-state index in [9.17, 15) is 13.9 Å². The van der Waals surface area contributed by atoms with E-state index in [0.717, 1.165) is 58.0 Å². The number of aromatic nitrogens is 3. The van der Waals surface area contributed by atoms with Crippen LogP contribution in [0.5, 0.6) is 17.6 Å². The minimum atomic E-state index is -0.801. The summed E-state index contributed by atoms with van der Waals surface area (Å²) in [4.78, 5) is 18.5. The first-order chi connectivity index (χ1) is 24.2. The van der Waals surface area contributed by atoms with E-state index < -0.39 is 17.8 Å². The number of likely N-dealkylation sites (tertiary alicyclic amines) is 1. The minimum Gasteiger partial charge on any atom is -0.508 e. The van der Waals surface area contributed by atoms with Crippen LogP contribution < -0.4 is 19.7 Å². The van der Waals surface area contributed by atoms with Crippen LogP contribution in [0, 0.1) is 34.8 Å². The fourth-order valence-corrected chi connectivity index (χ4v) is 8.91. The number of piperazine rings is 1. The molecule has 50 heavy (non-hydrogen) atoms. The number of nitrogens with zero attached hydrogens (tertiary/aromatic N) is 5. The number of hydrogen-bond donors (Lipinski definition) is 2. The van der Waals surface area contributed by atoms with Gasteiger partial charge in [0.25, 0.3) is 0 Å². The van der Waals surface area contributed by atoms with Crippen molar-refractivity contribution in [2.45, 2.75) is 63.2 Å². The number of phenolic OH excluding ortho intramolecular Hbond substituents is 1. The zero-order valence-electron chi connectivity index (χ0n) is 27.9. The van der Waals surface area contributed by atoms with Gasteiger partial charge in [-0.05, 0) is 62.1 Å². The number of hydrogen-bond acceptors (Lipinski definition) is 9. The van der Waals surface area contributed by atoms with Gasteiger partial charge in [0.15, 0.2) is 5.82 Å². The molecule has 5 aliphatic rings. The fraction of sp³-hybridized carbons (Fsp3) is 0.500. The van der Waals surface area contributed by atoms with E-state index in [4.69, 9.17) is 20.9 Å². The van der Waals surface area contributed by atoms with Gasteiger partial charge >= 0.3 is 6.01 Å². The van der Waals surface area contributed by atoms with Crippen LogP contribution in [-0.4, -0.2) is 89.7 Å². The molecule has 260 valence electrons. The molecule has 1 spiro atoms. The number of halogens is 3. The average molecular weight is 685 g/mol. The van der Waals surface area contributed by atoms with Gasteiger partial charge in [-0.1, -0.05) is 18.4 Å². The molecule has 2 bridgehead atoms. The molecule has 2 aromatic heterocycles. The molecular weight excluding hydrogens is 645 g/mol. The predicted molar refractivity (Wildman–Crippen MR) is 183 cm³/mol. The van der Waals surface area contributed by atoms with Gasteiger partial charge in [-0.3, -0.25) is 4.90 Å². The molecule has 2 aliphatic carbocycles. The SMILES string of the molecule is C#Cc1c(F)ccc2cc(O)cc(-c3nc(OC)c4c(N5CC6CCC(C5)N6)nc(OCC5(CN6CC(F)C7(CCC7)C6)CC5)nc4c3F)c12. The number of anilines is 1. The van der Waals surface area contributed by atoms with Gasteiger partial charge < -0.3 is 24.8 Å². The Labute approximate surface area is 288 Å². The van der Waals surface area contributed by atoms with Crippen LogP contribution in [0.15, 0.2) is 24.3 Å². The van der Waals surface area contributed by atoms with E-state index >= 15 is 4.39 Å². The highest BCUT2D eigenvalue weighted by molar-refractivity contribution is 6.04. The summed E-state index contributed by atoms with van der Waals surface area (Å²) in [5.74, 6) is 1.31. The van der Waals surface area contributed by atoms with E-state index in [2.05, 4.69) is 31.0 Å². The number of methoxy groups -OCH3 is 1. The number of nitrogens with one attached hydrogen (secondary N) is 1. The lowest BCUT2D eigenvalue weighted by atomic mass is 9.67. The van der Waals surface area contributed by atoms with Crippen molar-refractivity contribution in [1.29, 1.82) is 0 Å². The van der Waals surface area contributed by atoms with Crippen LogP contribution in [0.2, 0.25) is 0 Å². The fourth-order valence-electron chi connectivity index (χ4n) is 8.91. The maximum Gasteiger partial charge on any atom is 0.319 e. The summed E-state index contributed by atoms with van der Waals surface area (Å²) in [6.45, 7) is 3.62. The third-order valence-electron chi connectivity index (χ3n) is 11.9. The number of phenols is 1. The summed E-state index contributed by atoms with van der Waals surface area (Å²) in [5.41, 5.74) is -0.553. The van der Waals surface area contributed by atoms with Crippen LogP contribution in [0.3, 0.4) is 0 Å². The number of aromatic hydroxyl groups is 1. The maximum atomic E-state index is 17.1. The lowest BCUT2D eigenvalue weighted by Gasteiger charge is -2.39. The molecule has 3 atom stereocenters. The van der Waals surface area contributed by atoms with Gasteiger partial charge in [-0.15, -0.1) is 6.42 Å². The van der Waals surface area contributed by atoms with E-state index in [1.807, 2.05) is 0 Å². The highest BCUT2D eigenvalue weighted by Gasteiger charge is 2.54. The van der Waals surface area contributed by atoms with Crippen molar-refractivity contribution < 1.29 is 27.8 Å².